The highest BCUT2D eigenvalue weighted by Gasteiger charge is 2.22. The number of nitrogens with two attached hydrogens (primary N) is 1. The third kappa shape index (κ3) is 6.91. The van der Waals surface area contributed by atoms with Crippen molar-refractivity contribution in [3.8, 4) is 0 Å². The number of rotatable bonds is 4. The van der Waals surface area contributed by atoms with Crippen LogP contribution >= 0.6 is 24.0 Å². The molecule has 2 unspecified atom stereocenters. The normalized spacial score (nSPS) is 25.3. The van der Waals surface area contributed by atoms with Gasteiger partial charge in [0.1, 0.15) is 0 Å². The van der Waals surface area contributed by atoms with Crippen molar-refractivity contribution < 1.29 is 4.74 Å². The number of piperidine rings is 1. The Hall–Kier alpha value is -0.860. The molecular formula is C21H35IN4O. The lowest BCUT2D eigenvalue weighted by Crippen LogP contribution is -2.44. The summed E-state index contributed by atoms with van der Waals surface area (Å²) in [5.41, 5.74) is 8.74. The predicted octanol–water partition coefficient (Wildman–Crippen LogP) is 3.46. The van der Waals surface area contributed by atoms with Crippen molar-refractivity contribution in [2.24, 2.45) is 16.6 Å². The number of ether oxygens (including phenoxy) is 1. The van der Waals surface area contributed by atoms with E-state index < -0.39 is 0 Å². The summed E-state index contributed by atoms with van der Waals surface area (Å²) < 4.78 is 5.81. The van der Waals surface area contributed by atoms with Crippen LogP contribution in [0, 0.1) is 5.92 Å². The number of halogens is 1. The second-order valence-corrected chi connectivity index (χ2v) is 8.11. The van der Waals surface area contributed by atoms with Crippen molar-refractivity contribution in [2.45, 2.75) is 58.9 Å². The SMILES string of the molecule is CC1CCN(C(N)=NCc2ccc(CN3CC(C)OC(C)C3)cc2)CC1.I. The minimum atomic E-state index is 0. The van der Waals surface area contributed by atoms with Crippen molar-refractivity contribution in [3.63, 3.8) is 0 Å². The van der Waals surface area contributed by atoms with E-state index >= 15 is 0 Å². The summed E-state index contributed by atoms with van der Waals surface area (Å²) in [7, 11) is 0. The molecule has 0 aliphatic carbocycles. The van der Waals surface area contributed by atoms with Gasteiger partial charge in [0, 0.05) is 32.7 Å². The van der Waals surface area contributed by atoms with E-state index in [1.165, 1.54) is 24.0 Å². The first-order chi connectivity index (χ1) is 12.5. The maximum absolute atomic E-state index is 6.18. The molecular weight excluding hydrogens is 451 g/mol. The Morgan fingerprint density at radius 3 is 2.19 bits per heavy atom. The molecule has 0 saturated carbocycles. The van der Waals surface area contributed by atoms with E-state index in [4.69, 9.17) is 10.5 Å². The minimum absolute atomic E-state index is 0. The summed E-state index contributed by atoms with van der Waals surface area (Å²) >= 11 is 0. The molecule has 0 spiro atoms. The number of hydrogen-bond acceptors (Lipinski definition) is 3. The largest absolute Gasteiger partial charge is 0.373 e. The third-order valence-electron chi connectivity index (χ3n) is 5.46. The highest BCUT2D eigenvalue weighted by Crippen LogP contribution is 2.17. The van der Waals surface area contributed by atoms with Crippen LogP contribution in [-0.2, 0) is 17.8 Å². The molecule has 5 nitrogen and oxygen atoms in total. The smallest absolute Gasteiger partial charge is 0.191 e. The Bertz CT molecular complexity index is 589. The Morgan fingerprint density at radius 2 is 1.59 bits per heavy atom. The topological polar surface area (TPSA) is 54.1 Å². The van der Waals surface area contributed by atoms with Crippen molar-refractivity contribution in [1.29, 1.82) is 0 Å². The first-order valence-corrected chi connectivity index (χ1v) is 10.00. The lowest BCUT2D eigenvalue weighted by Gasteiger charge is -2.35. The zero-order valence-corrected chi connectivity index (χ0v) is 19.3. The molecule has 0 amide bonds. The monoisotopic (exact) mass is 486 g/mol. The molecule has 6 heteroatoms. The second-order valence-electron chi connectivity index (χ2n) is 8.11. The van der Waals surface area contributed by atoms with Gasteiger partial charge in [-0.25, -0.2) is 4.99 Å². The fourth-order valence-electron chi connectivity index (χ4n) is 3.93. The van der Waals surface area contributed by atoms with Crippen molar-refractivity contribution in [3.05, 3.63) is 35.4 Å². The molecule has 2 saturated heterocycles. The summed E-state index contributed by atoms with van der Waals surface area (Å²) in [4.78, 5) is 9.29. The van der Waals surface area contributed by atoms with Gasteiger partial charge in [0.05, 0.1) is 18.8 Å². The first kappa shape index (κ1) is 22.4. The Balaban J connectivity index is 0.00000261. The molecule has 2 heterocycles. The van der Waals surface area contributed by atoms with E-state index in [9.17, 15) is 0 Å². The first-order valence-electron chi connectivity index (χ1n) is 10.00. The van der Waals surface area contributed by atoms with Crippen LogP contribution in [0.3, 0.4) is 0 Å². The molecule has 0 radical (unpaired) electrons. The van der Waals surface area contributed by atoms with E-state index in [0.29, 0.717) is 24.7 Å². The summed E-state index contributed by atoms with van der Waals surface area (Å²) in [6.07, 6.45) is 3.05. The molecule has 27 heavy (non-hydrogen) atoms. The Labute approximate surface area is 181 Å². The minimum Gasteiger partial charge on any atom is -0.373 e. The second kappa shape index (κ2) is 10.6. The maximum Gasteiger partial charge on any atom is 0.191 e. The fourth-order valence-corrected chi connectivity index (χ4v) is 3.93. The van der Waals surface area contributed by atoms with E-state index in [-0.39, 0.29) is 24.0 Å². The van der Waals surface area contributed by atoms with Crippen LogP contribution in [0.15, 0.2) is 29.3 Å². The zero-order valence-electron chi connectivity index (χ0n) is 16.9. The van der Waals surface area contributed by atoms with Gasteiger partial charge in [0.25, 0.3) is 0 Å². The Kier molecular flexibility index (Phi) is 8.82. The standard InChI is InChI=1S/C21H34N4O.HI/c1-16-8-10-25(11-9-16)21(22)23-12-19-4-6-20(7-5-19)15-24-13-17(2)26-18(3)14-24;/h4-7,16-18H,8-15H2,1-3H3,(H2,22,23);1H. The zero-order chi connectivity index (χ0) is 18.5. The number of hydrogen-bond donors (Lipinski definition) is 1. The number of guanidine groups is 1. The number of likely N-dealkylation sites (tertiary alicyclic amines) is 1. The molecule has 2 aliphatic heterocycles. The molecule has 1 aromatic rings. The summed E-state index contributed by atoms with van der Waals surface area (Å²) in [5, 5.41) is 0. The molecule has 2 atom stereocenters. The molecule has 3 rings (SSSR count). The van der Waals surface area contributed by atoms with Gasteiger partial charge in [0.2, 0.25) is 0 Å². The predicted molar refractivity (Wildman–Crippen MR) is 122 cm³/mol. The molecule has 2 N–H and O–H groups in total. The van der Waals surface area contributed by atoms with Gasteiger partial charge in [-0.3, -0.25) is 4.90 Å². The lowest BCUT2D eigenvalue weighted by molar-refractivity contribution is -0.0704. The van der Waals surface area contributed by atoms with E-state index in [1.807, 2.05) is 0 Å². The maximum atomic E-state index is 6.18. The summed E-state index contributed by atoms with van der Waals surface area (Å²) in [5.74, 6) is 1.50. The van der Waals surface area contributed by atoms with Crippen LogP contribution in [0.2, 0.25) is 0 Å². The molecule has 0 bridgehead atoms. The van der Waals surface area contributed by atoms with Crippen LogP contribution in [0.1, 0.15) is 44.7 Å². The van der Waals surface area contributed by atoms with Gasteiger partial charge in [-0.05, 0) is 43.7 Å². The van der Waals surface area contributed by atoms with E-state index in [2.05, 4.69) is 59.8 Å². The van der Waals surface area contributed by atoms with Crippen LogP contribution < -0.4 is 5.73 Å². The van der Waals surface area contributed by atoms with Gasteiger partial charge in [0.15, 0.2) is 5.96 Å². The van der Waals surface area contributed by atoms with Crippen molar-refractivity contribution in [2.75, 3.05) is 26.2 Å². The summed E-state index contributed by atoms with van der Waals surface area (Å²) in [6, 6.07) is 8.79. The molecule has 2 aliphatic rings. The van der Waals surface area contributed by atoms with Crippen molar-refractivity contribution in [1.82, 2.24) is 9.80 Å². The fraction of sp³-hybridized carbons (Fsp3) is 0.667. The highest BCUT2D eigenvalue weighted by molar-refractivity contribution is 14.0. The number of morpholine rings is 1. The highest BCUT2D eigenvalue weighted by atomic mass is 127. The summed E-state index contributed by atoms with van der Waals surface area (Å²) in [6.45, 7) is 12.3. The van der Waals surface area contributed by atoms with Gasteiger partial charge in [-0.15, -0.1) is 24.0 Å². The van der Waals surface area contributed by atoms with Crippen LogP contribution in [0.25, 0.3) is 0 Å². The average molecular weight is 486 g/mol. The van der Waals surface area contributed by atoms with Gasteiger partial charge in [-0.2, -0.15) is 0 Å². The van der Waals surface area contributed by atoms with E-state index in [1.54, 1.807) is 0 Å². The molecule has 1 aromatic carbocycles. The van der Waals surface area contributed by atoms with Gasteiger partial charge in [-0.1, -0.05) is 31.2 Å². The van der Waals surface area contributed by atoms with Crippen LogP contribution in [0.5, 0.6) is 0 Å². The van der Waals surface area contributed by atoms with E-state index in [0.717, 1.165) is 38.6 Å². The molecule has 152 valence electrons. The number of aliphatic imine (C=N–C) groups is 1. The lowest BCUT2D eigenvalue weighted by atomic mass is 10.00. The third-order valence-corrected chi connectivity index (χ3v) is 5.46. The average Bonchev–Trinajstić information content (AvgIpc) is 2.60. The molecule has 0 aromatic heterocycles. The van der Waals surface area contributed by atoms with Crippen LogP contribution in [0.4, 0.5) is 0 Å². The van der Waals surface area contributed by atoms with Gasteiger partial charge >= 0.3 is 0 Å². The Morgan fingerprint density at radius 1 is 1.04 bits per heavy atom. The number of benzene rings is 1. The quantitative estimate of drug-likeness (QED) is 0.403. The molecule has 2 fully saturated rings. The van der Waals surface area contributed by atoms with Gasteiger partial charge < -0.3 is 15.4 Å². The van der Waals surface area contributed by atoms with Crippen LogP contribution in [-0.4, -0.2) is 54.1 Å². The number of nitrogens with zero attached hydrogens (tertiary/aromatic N) is 3. The van der Waals surface area contributed by atoms with Crippen molar-refractivity contribution >= 4 is 29.9 Å².